The van der Waals surface area contributed by atoms with Crippen LogP contribution in [0.2, 0.25) is 0 Å². The van der Waals surface area contributed by atoms with Crippen molar-refractivity contribution in [2.75, 3.05) is 6.16 Å². The van der Waals surface area contributed by atoms with Crippen molar-refractivity contribution in [2.45, 2.75) is 58.5 Å². The lowest BCUT2D eigenvalue weighted by atomic mass is 9.69. The maximum Gasteiger partial charge on any atom is 0.00349 e. The third kappa shape index (κ3) is 3.69. The molecule has 8 heteroatoms. The predicted molar refractivity (Wildman–Crippen MR) is 66.4 cm³/mol. The Kier molecular flexibility index (Phi) is 6.48. The third-order valence-corrected chi connectivity index (χ3v) is 7.68. The highest BCUT2D eigenvalue weighted by molar-refractivity contribution is 7.51. The summed E-state index contributed by atoms with van der Waals surface area (Å²) in [6, 6.07) is 0. The van der Waals surface area contributed by atoms with E-state index in [4.69, 9.17) is 0 Å². The van der Waals surface area contributed by atoms with Crippen LogP contribution in [0.25, 0.3) is 0 Å². The van der Waals surface area contributed by atoms with Crippen molar-refractivity contribution in [2.24, 2.45) is 5.41 Å². The Bertz CT molecular complexity index is 375. The van der Waals surface area contributed by atoms with Crippen molar-refractivity contribution in [1.82, 2.24) is 0 Å². The van der Waals surface area contributed by atoms with Crippen molar-refractivity contribution < 1.29 is 28.7 Å². The molecule has 0 spiro atoms. The van der Waals surface area contributed by atoms with Gasteiger partial charge in [0.25, 0.3) is 0 Å². The van der Waals surface area contributed by atoms with Gasteiger partial charge < -0.3 is 28.7 Å². The second kappa shape index (κ2) is 6.38. The van der Waals surface area contributed by atoms with E-state index < -0.39 is 31.9 Å². The van der Waals surface area contributed by atoms with Crippen LogP contribution in [0, 0.1) is 5.41 Å². The molecule has 0 aromatic heterocycles. The first-order valence-corrected chi connectivity index (χ1v) is 9.75. The smallest absolute Gasteiger partial charge is 0.00349 e. The second-order valence-electron chi connectivity index (χ2n) is 4.99. The lowest BCUT2D eigenvalue weighted by molar-refractivity contribution is -0.326. The van der Waals surface area contributed by atoms with Gasteiger partial charge in [-0.1, -0.05) is 42.9 Å². The molecule has 0 heterocycles. The second-order valence-corrected chi connectivity index (χ2v) is 8.38. The molecular formula is C11H22O6P2-4. The van der Waals surface area contributed by atoms with Gasteiger partial charge in [-0.2, -0.15) is 0 Å². The molecule has 0 N–H and O–H groups in total. The zero-order valence-corrected chi connectivity index (χ0v) is 13.7. The van der Waals surface area contributed by atoms with Gasteiger partial charge in [0, 0.05) is 5.16 Å². The van der Waals surface area contributed by atoms with E-state index in [9.17, 15) is 28.7 Å². The third-order valence-electron chi connectivity index (χ3n) is 4.53. The van der Waals surface area contributed by atoms with Crippen LogP contribution in [0.4, 0.5) is 0 Å². The summed E-state index contributed by atoms with van der Waals surface area (Å²) in [5.74, 6) is 0. The average Bonchev–Trinajstić information content (AvgIpc) is 2.26. The molecule has 116 valence electrons. The van der Waals surface area contributed by atoms with E-state index >= 15 is 0 Å². The van der Waals surface area contributed by atoms with E-state index in [0.29, 0.717) is 0 Å². The topological polar surface area (TPSA) is 126 Å². The van der Waals surface area contributed by atoms with Crippen molar-refractivity contribution in [3.05, 3.63) is 0 Å². The number of hydrogen-bond acceptors (Lipinski definition) is 6. The number of hydrogen-bond donors (Lipinski definition) is 0. The summed E-state index contributed by atoms with van der Waals surface area (Å²) >= 11 is 0. The molecule has 0 aliphatic rings. The van der Waals surface area contributed by atoms with Crippen LogP contribution >= 0.6 is 15.2 Å². The van der Waals surface area contributed by atoms with E-state index in [0.717, 1.165) is 0 Å². The largest absolute Gasteiger partial charge is 0.811 e. The minimum atomic E-state index is -5.05. The van der Waals surface area contributed by atoms with Crippen LogP contribution in [-0.4, -0.2) is 11.3 Å². The van der Waals surface area contributed by atoms with Crippen LogP contribution in [0.1, 0.15) is 53.4 Å². The Balaban J connectivity index is 6.07. The molecule has 6 nitrogen and oxygen atoms in total. The molecule has 19 heavy (non-hydrogen) atoms. The van der Waals surface area contributed by atoms with Crippen LogP contribution in [0.5, 0.6) is 0 Å². The minimum Gasteiger partial charge on any atom is -0.811 e. The molecule has 0 aliphatic heterocycles. The summed E-state index contributed by atoms with van der Waals surface area (Å²) in [6.45, 7) is 6.34. The highest BCUT2D eigenvalue weighted by atomic mass is 31.2. The maximum absolute atomic E-state index is 11.7. The van der Waals surface area contributed by atoms with E-state index in [1.54, 1.807) is 27.7 Å². The van der Waals surface area contributed by atoms with Gasteiger partial charge in [0.1, 0.15) is 0 Å². The molecular weight excluding hydrogens is 290 g/mol. The Hall–Kier alpha value is 0.300. The van der Waals surface area contributed by atoms with E-state index in [1.165, 1.54) is 0 Å². The van der Waals surface area contributed by atoms with Crippen molar-refractivity contribution in [1.29, 1.82) is 0 Å². The summed E-state index contributed by atoms with van der Waals surface area (Å²) < 4.78 is 22.9. The summed E-state index contributed by atoms with van der Waals surface area (Å²) in [6.07, 6.45) is -0.448. The van der Waals surface area contributed by atoms with Gasteiger partial charge in [0.2, 0.25) is 0 Å². The monoisotopic (exact) mass is 312 g/mol. The first-order valence-electron chi connectivity index (χ1n) is 6.48. The van der Waals surface area contributed by atoms with Gasteiger partial charge in [-0.05, 0) is 37.3 Å². The maximum atomic E-state index is 11.7. The molecule has 0 amide bonds. The van der Waals surface area contributed by atoms with Gasteiger partial charge in [0.15, 0.2) is 0 Å². The first-order chi connectivity index (χ1) is 8.45. The van der Waals surface area contributed by atoms with Crippen molar-refractivity contribution in [3.8, 4) is 0 Å². The molecule has 0 fully saturated rings. The fourth-order valence-corrected chi connectivity index (χ4v) is 6.69. The lowest BCUT2D eigenvalue weighted by Gasteiger charge is -2.62. The Labute approximate surface area is 114 Å². The zero-order valence-electron chi connectivity index (χ0n) is 11.9. The summed E-state index contributed by atoms with van der Waals surface area (Å²) in [5.41, 5.74) is -1.31. The normalized spacial score (nSPS) is 14.7. The summed E-state index contributed by atoms with van der Waals surface area (Å²) in [4.78, 5) is 45.8. The highest BCUT2D eigenvalue weighted by Crippen LogP contribution is 2.63. The fourth-order valence-electron chi connectivity index (χ4n) is 3.33. The first kappa shape index (κ1) is 19.3. The Morgan fingerprint density at radius 3 is 1.32 bits per heavy atom. The SMILES string of the molecule is CCC(CC)(CP(=O)([O-])[O-])C(CC)(CC)P(=O)([O-])[O-]. The fraction of sp³-hybridized carbons (Fsp3) is 1.00. The summed E-state index contributed by atoms with van der Waals surface area (Å²) in [7, 11) is -9.96. The molecule has 0 aliphatic carbocycles. The predicted octanol–water partition coefficient (Wildman–Crippen LogP) is 0.179. The molecule has 0 saturated heterocycles. The van der Waals surface area contributed by atoms with Crippen LogP contribution < -0.4 is 19.6 Å². The van der Waals surface area contributed by atoms with Crippen LogP contribution in [-0.2, 0) is 9.13 Å². The molecule has 0 saturated carbocycles. The van der Waals surface area contributed by atoms with Crippen LogP contribution in [0.3, 0.4) is 0 Å². The molecule has 0 radical (unpaired) electrons. The molecule has 0 rings (SSSR count). The van der Waals surface area contributed by atoms with Crippen LogP contribution in [0.15, 0.2) is 0 Å². The van der Waals surface area contributed by atoms with Gasteiger partial charge in [-0.15, -0.1) is 0 Å². The standard InChI is InChI=1S/C11H26O6P2/c1-5-10(6-2,9-18(12,13)14)11(7-3,8-4)19(15,16)17/h5-9H2,1-4H3,(H2,12,13,14)(H2,15,16,17)/p-4. The lowest BCUT2D eigenvalue weighted by Crippen LogP contribution is -2.54. The van der Waals surface area contributed by atoms with E-state index in [2.05, 4.69) is 0 Å². The molecule has 0 aromatic carbocycles. The quantitative estimate of drug-likeness (QED) is 0.588. The Morgan fingerprint density at radius 1 is 0.789 bits per heavy atom. The Morgan fingerprint density at radius 2 is 1.16 bits per heavy atom. The van der Waals surface area contributed by atoms with Crippen molar-refractivity contribution in [3.63, 3.8) is 0 Å². The van der Waals surface area contributed by atoms with Gasteiger partial charge in [-0.3, -0.25) is 0 Å². The van der Waals surface area contributed by atoms with Crippen molar-refractivity contribution >= 4 is 15.2 Å². The highest BCUT2D eigenvalue weighted by Gasteiger charge is 2.49. The number of rotatable bonds is 8. The molecule has 0 bridgehead atoms. The average molecular weight is 312 g/mol. The minimum absolute atomic E-state index is 0.00938. The molecule has 0 aromatic rings. The van der Waals surface area contributed by atoms with Gasteiger partial charge in [0.05, 0.1) is 0 Å². The molecule has 0 atom stereocenters. The summed E-state index contributed by atoms with van der Waals surface area (Å²) in [5, 5.41) is -1.69. The van der Waals surface area contributed by atoms with E-state index in [1.807, 2.05) is 0 Å². The van der Waals surface area contributed by atoms with Gasteiger partial charge in [-0.25, -0.2) is 0 Å². The van der Waals surface area contributed by atoms with E-state index in [-0.39, 0.29) is 25.7 Å². The van der Waals surface area contributed by atoms with Gasteiger partial charge >= 0.3 is 0 Å². The zero-order chi connectivity index (χ0) is 15.5. The molecule has 0 unspecified atom stereocenters.